The van der Waals surface area contributed by atoms with Crippen LogP contribution in [0.15, 0.2) is 64.2 Å². The van der Waals surface area contributed by atoms with E-state index in [4.69, 9.17) is 0 Å². The summed E-state index contributed by atoms with van der Waals surface area (Å²) < 4.78 is 3.29. The second-order valence-electron chi connectivity index (χ2n) is 8.44. The van der Waals surface area contributed by atoms with Gasteiger partial charge in [0.05, 0.1) is 11.9 Å². The predicted octanol–water partition coefficient (Wildman–Crippen LogP) is 4.70. The quantitative estimate of drug-likeness (QED) is 0.461. The molecule has 0 radical (unpaired) electrons. The van der Waals surface area contributed by atoms with Gasteiger partial charge in [-0.1, -0.05) is 60.2 Å². The maximum Gasteiger partial charge on any atom is 0.332 e. The first-order valence-corrected chi connectivity index (χ1v) is 11.8. The molecule has 0 fully saturated rings. The summed E-state index contributed by atoms with van der Waals surface area (Å²) in [7, 11) is 0. The smallest absolute Gasteiger partial charge is 0.280 e. The van der Waals surface area contributed by atoms with Gasteiger partial charge in [-0.15, -0.1) is 11.3 Å². The van der Waals surface area contributed by atoms with Gasteiger partial charge < -0.3 is 0 Å². The molecule has 0 amide bonds. The van der Waals surface area contributed by atoms with E-state index in [0.717, 1.165) is 47.0 Å². The summed E-state index contributed by atoms with van der Waals surface area (Å²) in [5, 5.41) is 0.777. The van der Waals surface area contributed by atoms with Crippen LogP contribution in [0, 0.1) is 6.92 Å². The topological polar surface area (TPSA) is 44.0 Å². The second kappa shape index (κ2) is 8.31. The first-order valence-electron chi connectivity index (χ1n) is 11.0. The van der Waals surface area contributed by atoms with Crippen LogP contribution >= 0.6 is 11.3 Å². The number of thiophene rings is 1. The SMILES string of the molecule is Cc1ccc(Cn2c(=O)n(CCc3ccccc3)c(=O)c3c4c(sc32)CCCC4)cc1. The first-order chi connectivity index (χ1) is 15.1. The minimum absolute atomic E-state index is 0.115. The monoisotopic (exact) mass is 430 g/mol. The van der Waals surface area contributed by atoms with E-state index in [0.29, 0.717) is 19.5 Å². The number of aromatic nitrogens is 2. The lowest BCUT2D eigenvalue weighted by atomic mass is 9.97. The summed E-state index contributed by atoms with van der Waals surface area (Å²) in [5.41, 5.74) is 4.27. The van der Waals surface area contributed by atoms with Crippen LogP contribution in [-0.4, -0.2) is 9.13 Å². The van der Waals surface area contributed by atoms with Gasteiger partial charge in [0.15, 0.2) is 0 Å². The summed E-state index contributed by atoms with van der Waals surface area (Å²) in [5.74, 6) is 0. The third-order valence-corrected chi connectivity index (χ3v) is 7.56. The van der Waals surface area contributed by atoms with Crippen molar-refractivity contribution >= 4 is 21.6 Å². The predicted molar refractivity (Wildman–Crippen MR) is 127 cm³/mol. The Balaban J connectivity index is 1.66. The molecule has 1 aliphatic rings. The standard InChI is InChI=1S/C26H26N2O2S/c1-18-11-13-20(14-12-18)17-28-25-23(21-9-5-6-10-22(21)31-25)24(29)27(26(28)30)16-15-19-7-3-2-4-8-19/h2-4,7-8,11-14H,5-6,9-10,15-17H2,1H3. The maximum absolute atomic E-state index is 13.5. The average molecular weight is 431 g/mol. The number of hydrogen-bond donors (Lipinski definition) is 0. The van der Waals surface area contributed by atoms with Crippen LogP contribution < -0.4 is 11.2 Å². The molecule has 2 aromatic carbocycles. The summed E-state index contributed by atoms with van der Waals surface area (Å²) >= 11 is 1.65. The number of fused-ring (bicyclic) bond motifs is 3. The maximum atomic E-state index is 13.5. The molecule has 5 rings (SSSR count). The van der Waals surface area contributed by atoms with E-state index in [1.807, 2.05) is 34.9 Å². The summed E-state index contributed by atoms with van der Waals surface area (Å²) in [6.07, 6.45) is 4.88. The van der Waals surface area contributed by atoms with Crippen molar-refractivity contribution in [1.82, 2.24) is 9.13 Å². The molecule has 2 heterocycles. The van der Waals surface area contributed by atoms with E-state index in [2.05, 4.69) is 31.2 Å². The highest BCUT2D eigenvalue weighted by Gasteiger charge is 2.23. The second-order valence-corrected chi connectivity index (χ2v) is 9.52. The zero-order valence-corrected chi connectivity index (χ0v) is 18.6. The van der Waals surface area contributed by atoms with Gasteiger partial charge in [-0.2, -0.15) is 0 Å². The highest BCUT2D eigenvalue weighted by atomic mass is 32.1. The van der Waals surface area contributed by atoms with Gasteiger partial charge in [0.25, 0.3) is 5.56 Å². The van der Waals surface area contributed by atoms with Crippen LogP contribution in [0.3, 0.4) is 0 Å². The highest BCUT2D eigenvalue weighted by Crippen LogP contribution is 2.34. The van der Waals surface area contributed by atoms with Crippen molar-refractivity contribution in [3.05, 3.63) is 103 Å². The van der Waals surface area contributed by atoms with Crippen LogP contribution in [0.5, 0.6) is 0 Å². The summed E-state index contributed by atoms with van der Waals surface area (Å²) in [6.45, 7) is 2.95. The van der Waals surface area contributed by atoms with E-state index in [1.54, 1.807) is 11.3 Å². The molecule has 5 heteroatoms. The molecule has 0 saturated heterocycles. The Morgan fingerprint density at radius 2 is 1.61 bits per heavy atom. The molecule has 0 bridgehead atoms. The Morgan fingerprint density at radius 1 is 0.871 bits per heavy atom. The first kappa shape index (κ1) is 20.0. The highest BCUT2D eigenvalue weighted by molar-refractivity contribution is 7.18. The minimum Gasteiger partial charge on any atom is -0.280 e. The van der Waals surface area contributed by atoms with Crippen LogP contribution in [-0.2, 0) is 32.4 Å². The van der Waals surface area contributed by atoms with E-state index in [1.165, 1.54) is 20.6 Å². The van der Waals surface area contributed by atoms with E-state index < -0.39 is 0 Å². The molecule has 0 saturated carbocycles. The fourth-order valence-corrected chi connectivity index (χ4v) is 5.89. The van der Waals surface area contributed by atoms with Gasteiger partial charge in [0.1, 0.15) is 4.83 Å². The third-order valence-electron chi connectivity index (χ3n) is 6.25. The Hall–Kier alpha value is -2.92. The largest absolute Gasteiger partial charge is 0.332 e. The molecule has 4 nitrogen and oxygen atoms in total. The van der Waals surface area contributed by atoms with Crippen LogP contribution in [0.4, 0.5) is 0 Å². The molecule has 0 N–H and O–H groups in total. The zero-order chi connectivity index (χ0) is 21.4. The molecule has 4 aromatic rings. The van der Waals surface area contributed by atoms with Crippen molar-refractivity contribution in [2.45, 2.75) is 52.1 Å². The van der Waals surface area contributed by atoms with Crippen molar-refractivity contribution in [2.24, 2.45) is 0 Å². The van der Waals surface area contributed by atoms with Crippen molar-refractivity contribution in [2.75, 3.05) is 0 Å². The Labute approximate surface area is 185 Å². The molecular weight excluding hydrogens is 404 g/mol. The van der Waals surface area contributed by atoms with Gasteiger partial charge in [0.2, 0.25) is 0 Å². The summed E-state index contributed by atoms with van der Waals surface area (Å²) in [6, 6.07) is 18.3. The Morgan fingerprint density at radius 3 is 2.39 bits per heavy atom. The van der Waals surface area contributed by atoms with Gasteiger partial charge in [0, 0.05) is 11.4 Å². The number of nitrogens with zero attached hydrogens (tertiary/aromatic N) is 2. The molecule has 0 atom stereocenters. The zero-order valence-electron chi connectivity index (χ0n) is 17.8. The minimum atomic E-state index is -0.201. The molecule has 0 unspecified atom stereocenters. The normalized spacial score (nSPS) is 13.5. The van der Waals surface area contributed by atoms with Gasteiger partial charge in [-0.05, 0) is 55.7 Å². The lowest BCUT2D eigenvalue weighted by Gasteiger charge is -2.14. The van der Waals surface area contributed by atoms with Crippen LogP contribution in [0.25, 0.3) is 10.2 Å². The third kappa shape index (κ3) is 3.79. The fraction of sp³-hybridized carbons (Fsp3) is 0.308. The molecule has 0 spiro atoms. The number of benzene rings is 2. The van der Waals surface area contributed by atoms with Gasteiger partial charge in [-0.3, -0.25) is 13.9 Å². The number of rotatable bonds is 5. The van der Waals surface area contributed by atoms with Crippen molar-refractivity contribution in [1.29, 1.82) is 0 Å². The van der Waals surface area contributed by atoms with E-state index >= 15 is 0 Å². The van der Waals surface area contributed by atoms with Crippen molar-refractivity contribution in [3.63, 3.8) is 0 Å². The average Bonchev–Trinajstić information content (AvgIpc) is 3.18. The van der Waals surface area contributed by atoms with Gasteiger partial charge in [-0.25, -0.2) is 4.79 Å². The molecule has 158 valence electrons. The van der Waals surface area contributed by atoms with E-state index in [-0.39, 0.29) is 11.2 Å². The fourth-order valence-electron chi connectivity index (χ4n) is 4.51. The molecule has 31 heavy (non-hydrogen) atoms. The van der Waals surface area contributed by atoms with Crippen LogP contribution in [0.2, 0.25) is 0 Å². The Kier molecular flexibility index (Phi) is 5.36. The number of aryl methyl sites for hydroxylation is 4. The lowest BCUT2D eigenvalue weighted by molar-refractivity contribution is 0.590. The number of hydrogen-bond acceptors (Lipinski definition) is 3. The van der Waals surface area contributed by atoms with Gasteiger partial charge >= 0.3 is 5.69 Å². The van der Waals surface area contributed by atoms with Crippen molar-refractivity contribution < 1.29 is 0 Å². The molecule has 0 aliphatic heterocycles. The van der Waals surface area contributed by atoms with E-state index in [9.17, 15) is 9.59 Å². The molecular formula is C26H26N2O2S. The lowest BCUT2D eigenvalue weighted by Crippen LogP contribution is -2.40. The van der Waals surface area contributed by atoms with Crippen LogP contribution in [0.1, 0.15) is 40.0 Å². The Bertz CT molecular complexity index is 1340. The molecule has 1 aliphatic carbocycles. The summed E-state index contributed by atoms with van der Waals surface area (Å²) in [4.78, 5) is 29.2. The van der Waals surface area contributed by atoms with Crippen molar-refractivity contribution in [3.8, 4) is 0 Å². The molecule has 2 aromatic heterocycles.